The van der Waals surface area contributed by atoms with Gasteiger partial charge in [-0.1, -0.05) is 99.7 Å². The molecule has 0 radical (unpaired) electrons. The molecule has 13 rings (SSSR count). The van der Waals surface area contributed by atoms with Gasteiger partial charge in [-0.2, -0.15) is 10.1 Å². The van der Waals surface area contributed by atoms with Crippen molar-refractivity contribution in [3.8, 4) is 33.6 Å². The number of ether oxygens (including phenoxy) is 8. The summed E-state index contributed by atoms with van der Waals surface area (Å²) in [6.07, 6.45) is 20.6. The zero-order valence-electron chi connectivity index (χ0n) is 77.9. The van der Waals surface area contributed by atoms with E-state index in [4.69, 9.17) is 68.8 Å². The van der Waals surface area contributed by atoms with Crippen LogP contribution in [0.25, 0.3) is 55.8 Å². The van der Waals surface area contributed by atoms with Crippen molar-refractivity contribution >= 4 is 75.0 Å². The lowest BCUT2D eigenvalue weighted by molar-refractivity contribution is -0.265. The van der Waals surface area contributed by atoms with Crippen LogP contribution in [0.3, 0.4) is 0 Å². The van der Waals surface area contributed by atoms with Crippen LogP contribution in [0.1, 0.15) is 157 Å². The molecule has 0 unspecified atom stereocenters. The number of oxazole rings is 1. The average Bonchev–Trinajstić information content (AvgIpc) is 1.62. The standard InChI is InChI=1S/C96H131N19O18/c1-60-18-11-10-12-19-61(2)80(125-8)52-73-26-23-66(7)96(124,133-73)89(121)92(122)113-31-15-13-22-76(113)93(123)131-81(53-78(116)62(3)47-65(6)87(119)88(120)86(118)64(5)46-60)63(4)48-67-24-27-75(82(49-67)126-9)115-77(56-104-108-115)69-21-17-20-68(50-69)71-54-100-95(101-55-71)111-35-33-110(34-36-111)57-72-58-112(109-106-72)37-39-128-41-43-130-45-44-129-42-40-127-38-29-83(117)99-30-14-16-32-114-91-84(90(97)102-59-103-91)85(107-114)70-25-28-79-74(51-70)105-94(98)132-79/h10-12,17-21,25,28,47,50-51,54-56,58-60,62-64,66-67,73,75-76,80-82,87-88,119-120,124H,13-16,22-24,26-27,29-46,48-49,52-53,57H2,1-9H3,(H2,98,105)(H,99,117)(H2,97,102,103)/b12-10?,18-11+,61-19?,65-47+/t60-,62-,63-,64-,66-,67+,73+,75+,76+,80+,81+,82-,87-,88+,96-/m1/s1. The zero-order valence-corrected chi connectivity index (χ0v) is 77.9. The number of nitrogen functional groups attached to an aromatic ring is 2. The first-order valence-electron chi connectivity index (χ1n) is 46.8. The summed E-state index contributed by atoms with van der Waals surface area (Å²) in [5.41, 5.74) is 20.6. The van der Waals surface area contributed by atoms with Crippen molar-refractivity contribution in [2.75, 3.05) is 123 Å². The van der Waals surface area contributed by atoms with Gasteiger partial charge in [-0.25, -0.2) is 38.8 Å². The molecule has 1 aliphatic carbocycles. The molecule has 3 saturated heterocycles. The molecular weight excluding hydrogens is 1710 g/mol. The van der Waals surface area contributed by atoms with Gasteiger partial charge in [-0.15, -0.1) is 10.2 Å². The van der Waals surface area contributed by atoms with Crippen LogP contribution in [-0.4, -0.2) is 280 Å². The lowest BCUT2D eigenvalue weighted by atomic mass is 9.77. The highest BCUT2D eigenvalue weighted by Crippen LogP contribution is 2.43. The number of cyclic esters (lactones) is 1. The maximum atomic E-state index is 14.9. The number of hydrogen-bond donors (Lipinski definition) is 6. The van der Waals surface area contributed by atoms with Gasteiger partial charge in [0.25, 0.3) is 17.7 Å². The largest absolute Gasteiger partial charge is 0.460 e. The van der Waals surface area contributed by atoms with Gasteiger partial charge >= 0.3 is 5.97 Å². The first-order chi connectivity index (χ1) is 64.2. The quantitative estimate of drug-likeness (QED) is 0.00989. The van der Waals surface area contributed by atoms with E-state index < -0.39 is 89.5 Å². The highest BCUT2D eigenvalue weighted by Gasteiger charge is 2.53. The minimum absolute atomic E-state index is 0.0233. The second-order valence-corrected chi connectivity index (χ2v) is 36.1. The van der Waals surface area contributed by atoms with E-state index in [1.54, 1.807) is 63.5 Å². The Kier molecular flexibility index (Phi) is 35.9. The topological polar surface area (TPSA) is 468 Å². The third-order valence-electron chi connectivity index (χ3n) is 26.3. The number of esters is 1. The van der Waals surface area contributed by atoms with Crippen molar-refractivity contribution in [3.05, 3.63) is 127 Å². The normalized spacial score (nSPS) is 26.0. The molecule has 2 amide bonds. The van der Waals surface area contributed by atoms with E-state index in [1.807, 2.05) is 105 Å². The van der Waals surface area contributed by atoms with Gasteiger partial charge in [0.1, 0.15) is 53.5 Å². The maximum absolute atomic E-state index is 14.9. The van der Waals surface area contributed by atoms with Gasteiger partial charge in [-0.05, 0) is 150 Å². The predicted molar refractivity (Wildman–Crippen MR) is 495 cm³/mol. The minimum Gasteiger partial charge on any atom is -0.460 e. The molecule has 15 atom stereocenters. The number of piperidine rings is 1. The highest BCUT2D eigenvalue weighted by atomic mass is 16.6. The van der Waals surface area contributed by atoms with Crippen molar-refractivity contribution in [2.45, 2.75) is 219 Å². The van der Waals surface area contributed by atoms with Crippen molar-refractivity contribution < 1.29 is 86.4 Å². The number of benzene rings is 2. The van der Waals surface area contributed by atoms with Crippen LogP contribution in [0, 0.1) is 35.5 Å². The lowest BCUT2D eigenvalue weighted by Gasteiger charge is -2.42. The Balaban J connectivity index is 0.527. The fourth-order valence-corrected chi connectivity index (χ4v) is 18.5. The van der Waals surface area contributed by atoms with Crippen LogP contribution >= 0.6 is 0 Å². The van der Waals surface area contributed by atoms with E-state index in [0.29, 0.717) is 163 Å². The Morgan fingerprint density at radius 3 is 2.25 bits per heavy atom. The van der Waals surface area contributed by atoms with Gasteiger partial charge in [0.15, 0.2) is 17.0 Å². The molecule has 37 heteroatoms. The van der Waals surface area contributed by atoms with Crippen molar-refractivity contribution in [3.63, 3.8) is 0 Å². The Morgan fingerprint density at radius 1 is 0.737 bits per heavy atom. The number of methoxy groups -OCH3 is 2. The van der Waals surface area contributed by atoms with Crippen molar-refractivity contribution in [1.82, 2.24) is 79.8 Å². The number of carbonyl (C=O) groups is 6. The van der Waals surface area contributed by atoms with E-state index in [9.17, 15) is 44.1 Å². The Labute approximate surface area is 775 Å². The molecule has 8 N–H and O–H groups in total. The monoisotopic (exact) mass is 1840 g/mol. The summed E-state index contributed by atoms with van der Waals surface area (Å²) < 4.78 is 58.7. The molecule has 718 valence electrons. The Morgan fingerprint density at radius 2 is 1.49 bits per heavy atom. The number of fused-ring (bicyclic) bond motifs is 5. The molecule has 0 spiro atoms. The predicted octanol–water partition coefficient (Wildman–Crippen LogP) is 9.20. The Hall–Kier alpha value is -10.8. The molecule has 10 heterocycles. The summed E-state index contributed by atoms with van der Waals surface area (Å²) in [6, 6.07) is 12.3. The van der Waals surface area contributed by atoms with E-state index in [-0.39, 0.29) is 86.1 Å². The number of amides is 2. The van der Waals surface area contributed by atoms with Gasteiger partial charge in [0.2, 0.25) is 17.6 Å². The SMILES string of the molecule is CO[C@H]1C[C@@H]2CC[C@@H](C)[C@@](O)(O2)C(=O)C(=O)N2CCCC[C@H]2C(=O)O[C@H]([C@H](C)C[C@@H]2CC[C@H](n3nncc3-c3cccc(-c4cnc(N5CCN(Cc6cn(CCOCCOCCOCCOCCC(=O)NCCCCn7nc(-c8ccc9oc(N)nc9c8)c8c(N)ncnc87)nn6)CC5)nc4)c3)[C@H](OC)C2)CC(=O)[C@H](C)/C=C(\C)[C@@H](O)[C@@H](O)C(=O)[C@H](C)C[C@H](C)/C=C/C=CC=C1C. The van der Waals surface area contributed by atoms with Crippen LogP contribution in [0.15, 0.2) is 126 Å². The van der Waals surface area contributed by atoms with Gasteiger partial charge < -0.3 is 84.2 Å². The summed E-state index contributed by atoms with van der Waals surface area (Å²) in [4.78, 5) is 113. The third kappa shape index (κ3) is 26.2. The van der Waals surface area contributed by atoms with Crippen LogP contribution in [0.4, 0.5) is 17.8 Å². The molecule has 8 aromatic rings. The van der Waals surface area contributed by atoms with Crippen molar-refractivity contribution in [2.24, 2.45) is 35.5 Å². The molecule has 2 aromatic carbocycles. The summed E-state index contributed by atoms with van der Waals surface area (Å²) in [5, 5.41) is 61.3. The fourth-order valence-electron chi connectivity index (χ4n) is 18.5. The highest BCUT2D eigenvalue weighted by molar-refractivity contribution is 6.39. The molecule has 37 nitrogen and oxygen atoms in total. The summed E-state index contributed by atoms with van der Waals surface area (Å²) in [7, 11) is 3.25. The number of Topliss-reactive ketones (excluding diaryl/α,β-unsaturated/α-hetero) is 3. The number of aliphatic hydroxyl groups is 3. The number of unbranched alkanes of at least 4 members (excludes halogenated alkanes) is 1. The van der Waals surface area contributed by atoms with Gasteiger partial charge in [0, 0.05) is 139 Å². The Bertz CT molecular complexity index is 5330. The number of anilines is 3. The fraction of sp³-hybridized carbons (Fsp3) is 0.583. The first kappa shape index (κ1) is 99.6. The van der Waals surface area contributed by atoms with Crippen LogP contribution in [-0.2, 0) is 86.3 Å². The molecule has 4 aliphatic heterocycles. The number of nitrogens with one attached hydrogen (secondary N) is 1. The number of nitrogens with zero attached hydrogens (tertiary/aromatic N) is 16. The van der Waals surface area contributed by atoms with Gasteiger partial charge in [0.05, 0.1) is 107 Å². The van der Waals surface area contributed by atoms with Crippen LogP contribution in [0.5, 0.6) is 0 Å². The number of aliphatic hydroxyl groups excluding tert-OH is 2. The molecule has 6 aromatic heterocycles. The second-order valence-electron chi connectivity index (χ2n) is 36.1. The van der Waals surface area contributed by atoms with Crippen LogP contribution < -0.4 is 21.7 Å². The van der Waals surface area contributed by atoms with E-state index in [2.05, 4.69) is 56.8 Å². The third-order valence-corrected chi connectivity index (χ3v) is 26.3. The van der Waals surface area contributed by atoms with Gasteiger partial charge in [-0.3, -0.25) is 28.9 Å². The van der Waals surface area contributed by atoms with E-state index in [1.165, 1.54) is 17.3 Å². The number of aromatic nitrogens is 13. The molecular formula is C96H131N19O18. The number of carbonyl (C=O) groups excluding carboxylic acids is 6. The molecule has 1 saturated carbocycles. The molecule has 5 aliphatic rings. The minimum atomic E-state index is -2.49. The summed E-state index contributed by atoms with van der Waals surface area (Å²) >= 11 is 0. The number of hydrogen-bond acceptors (Lipinski definition) is 32. The number of aryl methyl sites for hydroxylation is 1. The van der Waals surface area contributed by atoms with E-state index >= 15 is 0 Å². The second kappa shape index (κ2) is 47.9. The number of piperazine rings is 1. The lowest BCUT2D eigenvalue weighted by Crippen LogP contribution is -2.61. The molecule has 4 fully saturated rings. The maximum Gasteiger partial charge on any atom is 0.329 e. The smallest absolute Gasteiger partial charge is 0.329 e. The summed E-state index contributed by atoms with van der Waals surface area (Å²) in [6.45, 7) is 20.8. The summed E-state index contributed by atoms with van der Waals surface area (Å²) in [5.74, 6) is -8.20. The number of nitrogens with two attached hydrogens (primary N) is 2. The van der Waals surface area contributed by atoms with E-state index in [0.717, 1.165) is 84.7 Å². The zero-order chi connectivity index (χ0) is 94.2. The average molecular weight is 1840 g/mol. The number of allylic oxidation sites excluding steroid dienone is 6. The van der Waals surface area contributed by atoms with Crippen LogP contribution in [0.2, 0.25) is 0 Å². The molecule has 2 bridgehead atoms. The molecule has 133 heavy (non-hydrogen) atoms. The first-order valence-corrected chi connectivity index (χ1v) is 46.8. The number of ketones is 3. The van der Waals surface area contributed by atoms with Crippen molar-refractivity contribution in [1.29, 1.82) is 0 Å². The number of rotatable bonds is 32.